The number of hydrogen-bond acceptors (Lipinski definition) is 3. The van der Waals surface area contributed by atoms with Crippen LogP contribution in [0.3, 0.4) is 0 Å². The summed E-state index contributed by atoms with van der Waals surface area (Å²) >= 11 is 0. The quantitative estimate of drug-likeness (QED) is 0.602. The molecule has 0 aliphatic heterocycles. The average molecular weight is 307 g/mol. The van der Waals surface area contributed by atoms with E-state index in [9.17, 15) is 9.90 Å². The molecule has 4 heteroatoms. The van der Waals surface area contributed by atoms with Crippen LogP contribution in [0.2, 0.25) is 0 Å². The highest BCUT2D eigenvalue weighted by Gasteiger charge is 2.16. The molecule has 1 amide bonds. The van der Waals surface area contributed by atoms with Crippen molar-refractivity contribution in [1.29, 1.82) is 0 Å². The lowest BCUT2D eigenvalue weighted by Crippen LogP contribution is -2.14. The number of carbonyl (C=O) groups is 1. The van der Waals surface area contributed by atoms with Crippen LogP contribution in [0.5, 0.6) is 11.5 Å². The SMILES string of the molecule is CCCCCCCCCCc1c(C(N)=O)ccc(O)c1OC. The number of nitrogens with two attached hydrogens (primary N) is 1. The second kappa shape index (κ2) is 10.1. The summed E-state index contributed by atoms with van der Waals surface area (Å²) in [4.78, 5) is 11.5. The van der Waals surface area contributed by atoms with Crippen molar-refractivity contribution < 1.29 is 14.6 Å². The number of carbonyl (C=O) groups excluding carboxylic acids is 1. The Morgan fingerprint density at radius 2 is 1.68 bits per heavy atom. The first-order valence-electron chi connectivity index (χ1n) is 8.30. The van der Waals surface area contributed by atoms with Crippen molar-refractivity contribution in [2.24, 2.45) is 5.73 Å². The fourth-order valence-corrected chi connectivity index (χ4v) is 2.76. The van der Waals surface area contributed by atoms with E-state index in [1.54, 1.807) is 6.07 Å². The topological polar surface area (TPSA) is 72.6 Å². The van der Waals surface area contributed by atoms with Crippen molar-refractivity contribution in [3.8, 4) is 11.5 Å². The van der Waals surface area contributed by atoms with Gasteiger partial charge in [-0.3, -0.25) is 4.79 Å². The molecule has 0 aliphatic rings. The van der Waals surface area contributed by atoms with E-state index < -0.39 is 5.91 Å². The van der Waals surface area contributed by atoms with Crippen molar-refractivity contribution in [1.82, 2.24) is 0 Å². The molecule has 4 nitrogen and oxygen atoms in total. The molecule has 0 fully saturated rings. The summed E-state index contributed by atoms with van der Waals surface area (Å²) in [6.45, 7) is 2.22. The minimum absolute atomic E-state index is 0.0575. The molecule has 22 heavy (non-hydrogen) atoms. The number of rotatable bonds is 11. The van der Waals surface area contributed by atoms with E-state index in [0.717, 1.165) is 18.4 Å². The van der Waals surface area contributed by atoms with E-state index in [2.05, 4.69) is 6.92 Å². The summed E-state index contributed by atoms with van der Waals surface area (Å²) < 4.78 is 5.23. The van der Waals surface area contributed by atoms with Crippen molar-refractivity contribution in [2.45, 2.75) is 64.7 Å². The smallest absolute Gasteiger partial charge is 0.249 e. The molecule has 0 aromatic heterocycles. The highest BCUT2D eigenvalue weighted by Crippen LogP contribution is 2.33. The van der Waals surface area contributed by atoms with Crippen LogP contribution in [0, 0.1) is 0 Å². The van der Waals surface area contributed by atoms with E-state index in [0.29, 0.717) is 17.7 Å². The number of methoxy groups -OCH3 is 1. The Hall–Kier alpha value is -1.71. The molecule has 124 valence electrons. The Labute approximate surface area is 133 Å². The van der Waals surface area contributed by atoms with Crippen molar-refractivity contribution in [3.05, 3.63) is 23.3 Å². The molecule has 0 bridgehead atoms. The zero-order chi connectivity index (χ0) is 16.4. The fourth-order valence-electron chi connectivity index (χ4n) is 2.76. The molecule has 0 radical (unpaired) electrons. The average Bonchev–Trinajstić information content (AvgIpc) is 2.49. The molecule has 0 unspecified atom stereocenters. The molecule has 0 spiro atoms. The molecule has 3 N–H and O–H groups in total. The summed E-state index contributed by atoms with van der Waals surface area (Å²) in [6, 6.07) is 3.02. The fraction of sp³-hybridized carbons (Fsp3) is 0.611. The van der Waals surface area contributed by atoms with Gasteiger partial charge in [0.25, 0.3) is 0 Å². The van der Waals surface area contributed by atoms with E-state index >= 15 is 0 Å². The molecule has 1 aromatic rings. The van der Waals surface area contributed by atoms with Gasteiger partial charge in [-0.15, -0.1) is 0 Å². The summed E-state index contributed by atoms with van der Waals surface area (Å²) in [7, 11) is 1.50. The zero-order valence-corrected chi connectivity index (χ0v) is 13.9. The van der Waals surface area contributed by atoms with E-state index in [1.807, 2.05) is 0 Å². The molecule has 0 aliphatic carbocycles. The molecule has 0 saturated heterocycles. The highest BCUT2D eigenvalue weighted by molar-refractivity contribution is 5.95. The van der Waals surface area contributed by atoms with Crippen LogP contribution in [0.4, 0.5) is 0 Å². The second-order valence-corrected chi connectivity index (χ2v) is 5.73. The lowest BCUT2D eigenvalue weighted by atomic mass is 9.98. The summed E-state index contributed by atoms with van der Waals surface area (Å²) in [5, 5.41) is 9.84. The lowest BCUT2D eigenvalue weighted by molar-refractivity contribution is 0.0999. The van der Waals surface area contributed by atoms with Gasteiger partial charge in [0.1, 0.15) is 0 Å². The van der Waals surface area contributed by atoms with Gasteiger partial charge >= 0.3 is 0 Å². The number of unbranched alkanes of at least 4 members (excludes halogenated alkanes) is 7. The van der Waals surface area contributed by atoms with Crippen LogP contribution < -0.4 is 10.5 Å². The second-order valence-electron chi connectivity index (χ2n) is 5.73. The number of benzene rings is 1. The van der Waals surface area contributed by atoms with Crippen molar-refractivity contribution >= 4 is 5.91 Å². The maximum Gasteiger partial charge on any atom is 0.249 e. The summed E-state index contributed by atoms with van der Waals surface area (Å²) in [5.41, 5.74) is 6.58. The van der Waals surface area contributed by atoms with Crippen LogP contribution in [-0.4, -0.2) is 18.1 Å². The first-order valence-corrected chi connectivity index (χ1v) is 8.30. The number of hydrogen-bond donors (Lipinski definition) is 2. The summed E-state index contributed by atoms with van der Waals surface area (Å²) in [6.07, 6.45) is 10.5. The van der Waals surface area contributed by atoms with Crippen LogP contribution in [0.15, 0.2) is 12.1 Å². The van der Waals surface area contributed by atoms with Crippen LogP contribution in [-0.2, 0) is 6.42 Å². The predicted octanol–water partition coefficient (Wildman–Crippen LogP) is 4.18. The minimum atomic E-state index is -0.479. The molecule has 0 saturated carbocycles. The molecule has 1 rings (SSSR count). The first kappa shape index (κ1) is 18.3. The third kappa shape index (κ3) is 5.58. The first-order chi connectivity index (χ1) is 10.6. The number of phenolic OH excluding ortho intramolecular Hbond substituents is 1. The zero-order valence-electron chi connectivity index (χ0n) is 13.9. The normalized spacial score (nSPS) is 10.6. The van der Waals surface area contributed by atoms with Gasteiger partial charge in [-0.2, -0.15) is 0 Å². The van der Waals surface area contributed by atoms with Gasteiger partial charge in [0.2, 0.25) is 5.91 Å². The Kier molecular flexibility index (Phi) is 8.41. The third-order valence-corrected chi connectivity index (χ3v) is 3.99. The highest BCUT2D eigenvalue weighted by atomic mass is 16.5. The van der Waals surface area contributed by atoms with Gasteiger partial charge in [0.15, 0.2) is 11.5 Å². The van der Waals surface area contributed by atoms with Crippen LogP contribution in [0.1, 0.15) is 74.2 Å². The molecule has 0 atom stereocenters. The molecule has 0 heterocycles. The van der Waals surface area contributed by atoms with E-state index in [-0.39, 0.29) is 5.75 Å². The number of phenols is 1. The lowest BCUT2D eigenvalue weighted by Gasteiger charge is -2.13. The molecular formula is C18H29NO3. The van der Waals surface area contributed by atoms with Gasteiger partial charge in [-0.05, 0) is 25.0 Å². The Morgan fingerprint density at radius 3 is 2.23 bits per heavy atom. The van der Waals surface area contributed by atoms with Gasteiger partial charge in [-0.1, -0.05) is 51.9 Å². The van der Waals surface area contributed by atoms with Gasteiger partial charge < -0.3 is 15.6 Å². The van der Waals surface area contributed by atoms with Gasteiger partial charge in [-0.25, -0.2) is 0 Å². The molecule has 1 aromatic carbocycles. The number of primary amides is 1. The van der Waals surface area contributed by atoms with Gasteiger partial charge in [0.05, 0.1) is 7.11 Å². The maximum absolute atomic E-state index is 11.5. The maximum atomic E-state index is 11.5. The standard InChI is InChI=1S/C18H29NO3/c1-3-4-5-6-7-8-9-10-11-14-15(18(19)21)12-13-16(20)17(14)22-2/h12-13,20H,3-11H2,1-2H3,(H2,19,21). The van der Waals surface area contributed by atoms with Crippen molar-refractivity contribution in [2.75, 3.05) is 7.11 Å². The largest absolute Gasteiger partial charge is 0.504 e. The number of aromatic hydroxyl groups is 1. The predicted molar refractivity (Wildman–Crippen MR) is 89.5 cm³/mol. The Morgan fingerprint density at radius 1 is 1.09 bits per heavy atom. The van der Waals surface area contributed by atoms with Crippen LogP contribution in [0.25, 0.3) is 0 Å². The van der Waals surface area contributed by atoms with Gasteiger partial charge in [0, 0.05) is 11.1 Å². The van der Waals surface area contributed by atoms with E-state index in [4.69, 9.17) is 10.5 Å². The van der Waals surface area contributed by atoms with Crippen molar-refractivity contribution in [3.63, 3.8) is 0 Å². The van der Waals surface area contributed by atoms with E-state index in [1.165, 1.54) is 51.7 Å². The molecular weight excluding hydrogens is 278 g/mol. The monoisotopic (exact) mass is 307 g/mol. The third-order valence-electron chi connectivity index (χ3n) is 3.99. The Bertz CT molecular complexity index is 472. The Balaban J connectivity index is 2.50. The van der Waals surface area contributed by atoms with Crippen LogP contribution >= 0.6 is 0 Å². The summed E-state index contributed by atoms with van der Waals surface area (Å²) in [5.74, 6) is -0.0471. The minimum Gasteiger partial charge on any atom is -0.504 e. The number of ether oxygens (including phenoxy) is 1. The number of amides is 1.